The number of aliphatic hydroxyl groups excluding tert-OH is 1. The molecule has 0 radical (unpaired) electrons. The van der Waals surface area contributed by atoms with Crippen LogP contribution in [0.25, 0.3) is 0 Å². The zero-order chi connectivity index (χ0) is 29.8. The Labute approximate surface area is 241 Å². The summed E-state index contributed by atoms with van der Waals surface area (Å²) in [5.74, 6) is 0.278. The number of halogens is 3. The minimum atomic E-state index is -4.59. The Morgan fingerprint density at radius 1 is 1.24 bits per heavy atom. The number of carbonyl (C=O) groups is 1. The van der Waals surface area contributed by atoms with Crippen molar-refractivity contribution in [3.05, 3.63) is 69.8 Å². The van der Waals surface area contributed by atoms with E-state index in [2.05, 4.69) is 26.6 Å². The molecule has 1 saturated carbocycles. The van der Waals surface area contributed by atoms with Gasteiger partial charge in [0, 0.05) is 66.7 Å². The van der Waals surface area contributed by atoms with E-state index in [4.69, 9.17) is 5.10 Å². The number of alkyl halides is 3. The second-order valence-electron chi connectivity index (χ2n) is 11.6. The van der Waals surface area contributed by atoms with E-state index in [0.717, 1.165) is 54.5 Å². The summed E-state index contributed by atoms with van der Waals surface area (Å²) < 4.78 is 40.7. The first-order valence-corrected chi connectivity index (χ1v) is 13.9. The molecule has 12 heteroatoms. The fourth-order valence-electron chi connectivity index (χ4n) is 6.45. The summed E-state index contributed by atoms with van der Waals surface area (Å²) in [7, 11) is 0. The Morgan fingerprint density at radius 3 is 2.67 bits per heavy atom. The predicted octanol–water partition coefficient (Wildman–Crippen LogP) is 4.37. The van der Waals surface area contributed by atoms with Crippen molar-refractivity contribution in [2.75, 3.05) is 24.5 Å². The Hall–Kier alpha value is -3.90. The second kappa shape index (κ2) is 10.4. The van der Waals surface area contributed by atoms with Gasteiger partial charge in [-0.2, -0.15) is 18.3 Å². The van der Waals surface area contributed by atoms with Gasteiger partial charge in [-0.3, -0.25) is 19.4 Å². The number of amidine groups is 1. The number of anilines is 1. The molecular formula is C30H32F3N7O2. The van der Waals surface area contributed by atoms with Crippen LogP contribution in [0.3, 0.4) is 0 Å². The number of aliphatic hydroxyl groups is 1. The van der Waals surface area contributed by atoms with Crippen molar-refractivity contribution in [3.63, 3.8) is 0 Å². The fraction of sp³-hybridized carbons (Fsp3) is 0.433. The molecule has 0 atom stereocenters. The number of aryl methyl sites for hydroxylation is 1. The number of fused-ring (bicyclic) bond motifs is 1. The smallest absolute Gasteiger partial charge is 0.393 e. The summed E-state index contributed by atoms with van der Waals surface area (Å²) >= 11 is 0. The number of nitrogens with zero attached hydrogens (tertiary/aromatic N) is 7. The topological polar surface area (TPSA) is 98.7 Å². The lowest BCUT2D eigenvalue weighted by Crippen LogP contribution is -2.63. The number of aromatic nitrogens is 2. The van der Waals surface area contributed by atoms with E-state index >= 15 is 0 Å². The van der Waals surface area contributed by atoms with Crippen molar-refractivity contribution in [2.45, 2.75) is 58.5 Å². The quantitative estimate of drug-likeness (QED) is 0.514. The third kappa shape index (κ3) is 5.13. The Kier molecular flexibility index (Phi) is 7.01. The van der Waals surface area contributed by atoms with Crippen LogP contribution in [0, 0.1) is 19.3 Å². The maximum Gasteiger partial charge on any atom is 0.433 e. The minimum Gasteiger partial charge on any atom is -0.393 e. The minimum absolute atomic E-state index is 0.100. The molecule has 1 spiro atoms. The molecule has 6 rings (SSSR count). The molecule has 0 unspecified atom stereocenters. The highest BCUT2D eigenvalue weighted by atomic mass is 19.4. The van der Waals surface area contributed by atoms with Crippen LogP contribution in [-0.2, 0) is 13.1 Å². The van der Waals surface area contributed by atoms with Gasteiger partial charge in [0.1, 0.15) is 11.4 Å². The highest BCUT2D eigenvalue weighted by Crippen LogP contribution is 2.48. The third-order valence-electron chi connectivity index (χ3n) is 8.50. The molecule has 1 saturated heterocycles. The van der Waals surface area contributed by atoms with Crippen molar-refractivity contribution in [1.82, 2.24) is 14.7 Å². The number of amides is 1. The van der Waals surface area contributed by atoms with Gasteiger partial charge in [-0.1, -0.05) is 0 Å². The highest BCUT2D eigenvalue weighted by molar-refractivity contribution is 6.08. The van der Waals surface area contributed by atoms with E-state index in [0.29, 0.717) is 48.8 Å². The van der Waals surface area contributed by atoms with E-state index in [1.165, 1.54) is 6.08 Å². The maximum atomic E-state index is 13.7. The zero-order valence-electron chi connectivity index (χ0n) is 23.5. The van der Waals surface area contributed by atoms with Gasteiger partial charge in [-0.15, -0.1) is 0 Å². The van der Waals surface area contributed by atoms with Crippen LogP contribution in [0.15, 0.2) is 56.7 Å². The number of aliphatic imine (C=N–C) groups is 3. The fourth-order valence-corrected chi connectivity index (χ4v) is 6.45. The van der Waals surface area contributed by atoms with Crippen LogP contribution in [0.5, 0.6) is 0 Å². The molecule has 1 aliphatic carbocycles. The molecule has 220 valence electrons. The van der Waals surface area contributed by atoms with Crippen molar-refractivity contribution >= 4 is 30.4 Å². The molecule has 1 amide bonds. The maximum absolute atomic E-state index is 13.7. The first-order chi connectivity index (χ1) is 20.0. The van der Waals surface area contributed by atoms with Crippen LogP contribution >= 0.6 is 0 Å². The van der Waals surface area contributed by atoms with Gasteiger partial charge in [-0.05, 0) is 69.3 Å². The van der Waals surface area contributed by atoms with Gasteiger partial charge in [0.25, 0.3) is 5.91 Å². The summed E-state index contributed by atoms with van der Waals surface area (Å²) in [6, 6.07) is 5.56. The molecule has 1 N–H and O–H groups in total. The van der Waals surface area contributed by atoms with Gasteiger partial charge >= 0.3 is 6.18 Å². The number of hydrogen-bond donors (Lipinski definition) is 1. The standard InChI is InChI=1S/C30H32F3N7O2/c1-18-12-20(27-35-9-8-21(36-27)5-7-25(34-3)30(31,32)33)4-6-24(18)39-10-11-40-26(28(39)42)19(2)23(37-40)15-38-16-29(17-38)13-22(41)14-29/h4-7,9,12,22,41H,3,8,10-11,13-17H2,1-2H3/b21-5+,25-7-. The van der Waals surface area contributed by atoms with Crippen molar-refractivity contribution < 1.29 is 23.1 Å². The van der Waals surface area contributed by atoms with Gasteiger partial charge < -0.3 is 10.0 Å². The average molecular weight is 580 g/mol. The van der Waals surface area contributed by atoms with Crippen LogP contribution in [0.2, 0.25) is 0 Å². The molecule has 2 fully saturated rings. The monoisotopic (exact) mass is 579 g/mol. The summed E-state index contributed by atoms with van der Waals surface area (Å²) in [6.45, 7) is 10.5. The Balaban J connectivity index is 1.18. The van der Waals surface area contributed by atoms with E-state index in [9.17, 15) is 23.1 Å². The largest absolute Gasteiger partial charge is 0.433 e. The predicted molar refractivity (Wildman–Crippen MR) is 154 cm³/mol. The summed E-state index contributed by atoms with van der Waals surface area (Å²) in [5.41, 5.74) is 4.33. The Bertz CT molecular complexity index is 1570. The van der Waals surface area contributed by atoms with Crippen LogP contribution < -0.4 is 4.90 Å². The number of hydrogen-bond acceptors (Lipinski definition) is 7. The number of carbonyl (C=O) groups excluding carboxylic acids is 1. The summed E-state index contributed by atoms with van der Waals surface area (Å²) in [6.07, 6.45) is 1.01. The highest BCUT2D eigenvalue weighted by Gasteiger charge is 2.51. The molecule has 9 nitrogen and oxygen atoms in total. The molecule has 4 aliphatic rings. The lowest BCUT2D eigenvalue weighted by molar-refractivity contribution is -0.131. The molecule has 1 aromatic carbocycles. The van der Waals surface area contributed by atoms with Gasteiger partial charge in [0.2, 0.25) is 0 Å². The number of allylic oxidation sites excluding steroid dienone is 4. The first-order valence-electron chi connectivity index (χ1n) is 13.9. The molecule has 4 heterocycles. The Morgan fingerprint density at radius 2 is 2.00 bits per heavy atom. The van der Waals surface area contributed by atoms with Crippen molar-refractivity contribution in [3.8, 4) is 0 Å². The number of benzene rings is 1. The number of likely N-dealkylation sites (tertiary alicyclic amines) is 1. The van der Waals surface area contributed by atoms with Gasteiger partial charge in [-0.25, -0.2) is 9.98 Å². The molecule has 1 aromatic heterocycles. The van der Waals surface area contributed by atoms with E-state index in [-0.39, 0.29) is 17.4 Å². The van der Waals surface area contributed by atoms with Gasteiger partial charge in [0.05, 0.1) is 18.3 Å². The summed E-state index contributed by atoms with van der Waals surface area (Å²) in [5, 5.41) is 14.4. The molecule has 0 bridgehead atoms. The second-order valence-corrected chi connectivity index (χ2v) is 11.6. The average Bonchev–Trinajstić information content (AvgIpc) is 3.22. The normalized spacial score (nSPS) is 21.8. The van der Waals surface area contributed by atoms with E-state index in [1.807, 2.05) is 36.7 Å². The first kappa shape index (κ1) is 28.2. The van der Waals surface area contributed by atoms with Crippen molar-refractivity contribution in [2.24, 2.45) is 20.4 Å². The molecular weight excluding hydrogens is 547 g/mol. The van der Waals surface area contributed by atoms with E-state index in [1.54, 1.807) is 11.1 Å². The lowest BCUT2D eigenvalue weighted by Gasteiger charge is -2.57. The lowest BCUT2D eigenvalue weighted by atomic mass is 9.62. The SMILES string of the molecule is C=N/C(=C\C=C1/CC=NC(c2ccc(N3CCn4nc(CN5CC6(CC(O)C6)C5)c(C)c4C3=O)c(C)c2)=N1)C(F)(F)F. The van der Waals surface area contributed by atoms with Crippen LogP contribution in [0.4, 0.5) is 18.9 Å². The van der Waals surface area contributed by atoms with Gasteiger partial charge in [0.15, 0.2) is 5.84 Å². The van der Waals surface area contributed by atoms with Crippen LogP contribution in [0.1, 0.15) is 52.1 Å². The van der Waals surface area contributed by atoms with Crippen molar-refractivity contribution in [1.29, 1.82) is 0 Å². The molecule has 3 aliphatic heterocycles. The molecule has 2 aromatic rings. The summed E-state index contributed by atoms with van der Waals surface area (Å²) in [4.78, 5) is 29.6. The van der Waals surface area contributed by atoms with E-state index < -0.39 is 11.9 Å². The zero-order valence-corrected chi connectivity index (χ0v) is 23.5. The van der Waals surface area contributed by atoms with Crippen LogP contribution in [-0.4, -0.2) is 76.4 Å². The molecule has 42 heavy (non-hydrogen) atoms. The third-order valence-corrected chi connectivity index (χ3v) is 8.50. The number of rotatable bonds is 6.